The first kappa shape index (κ1) is 41.6. The highest BCUT2D eigenvalue weighted by atomic mass is 32.1. The highest BCUT2D eigenvalue weighted by Crippen LogP contribution is 2.67. The van der Waals surface area contributed by atoms with E-state index in [9.17, 15) is 0 Å². The Balaban J connectivity index is 1.07. The summed E-state index contributed by atoms with van der Waals surface area (Å²) in [7, 11) is 0. The third kappa shape index (κ3) is 6.47. The Morgan fingerprint density at radius 2 is 0.943 bits per heavy atom. The summed E-state index contributed by atoms with van der Waals surface area (Å²) in [4.78, 5) is 15.1. The first-order valence-electron chi connectivity index (χ1n) is 25.7. The lowest BCUT2D eigenvalue weighted by Crippen LogP contribution is -2.26. The molecular formula is C65H54N4S. The zero-order chi connectivity index (χ0) is 46.2. The maximum atomic E-state index is 5.21. The fraction of sp³-hybridized carbons (Fsp3) is 0.200. The Labute approximate surface area is 415 Å². The third-order valence-corrected chi connectivity index (χ3v) is 17.5. The van der Waals surface area contributed by atoms with Crippen LogP contribution in [0.3, 0.4) is 0 Å². The minimum Gasteiger partial charge on any atom is -0.295 e. The van der Waals surface area contributed by atoms with Crippen LogP contribution in [0.4, 0.5) is 34.4 Å². The average Bonchev–Trinajstić information content (AvgIpc) is 4.06. The molecule has 14 rings (SSSR count). The molecule has 0 saturated heterocycles. The van der Waals surface area contributed by atoms with E-state index < -0.39 is 5.41 Å². The van der Waals surface area contributed by atoms with Gasteiger partial charge in [0.25, 0.3) is 0 Å². The van der Waals surface area contributed by atoms with E-state index >= 15 is 0 Å². The van der Waals surface area contributed by atoms with E-state index in [4.69, 9.17) is 9.97 Å². The Bertz CT molecular complexity index is 3520. The average molecular weight is 923 g/mol. The second kappa shape index (κ2) is 17.0. The van der Waals surface area contributed by atoms with Crippen LogP contribution in [0.15, 0.2) is 194 Å². The number of pyridine rings is 2. The summed E-state index contributed by atoms with van der Waals surface area (Å²) in [6.45, 7) is 0. The quantitative estimate of drug-likeness (QED) is 0.152. The molecule has 4 aliphatic carbocycles. The minimum atomic E-state index is -0.617. The van der Waals surface area contributed by atoms with E-state index in [2.05, 4.69) is 180 Å². The molecule has 0 bridgehead atoms. The minimum absolute atomic E-state index is 0.614. The zero-order valence-electron chi connectivity index (χ0n) is 39.4. The SMILES string of the molecule is c1ccc(N(c2ccc(C3CCCCC3)cc2)c2ccc3c(c2)C2(c4ccccc4-c4ccccc42)c2cc4sc5ccccc5c4c(N(c4ccc(C5CCCCC5)cc4)c4ccccn4)c2-3)nc1. The van der Waals surface area contributed by atoms with Gasteiger partial charge in [0.05, 0.1) is 11.1 Å². The number of rotatable bonds is 8. The Hall–Kier alpha value is -7.34. The molecule has 5 heteroatoms. The van der Waals surface area contributed by atoms with Crippen molar-refractivity contribution in [2.75, 3.05) is 9.80 Å². The molecule has 2 fully saturated rings. The number of nitrogens with zero attached hydrogens (tertiary/aromatic N) is 4. The van der Waals surface area contributed by atoms with Gasteiger partial charge in [0.1, 0.15) is 11.6 Å². The number of benzene rings is 7. The highest BCUT2D eigenvalue weighted by Gasteiger charge is 2.53. The van der Waals surface area contributed by atoms with E-state index in [1.165, 1.54) is 146 Å². The number of aromatic nitrogens is 2. The van der Waals surface area contributed by atoms with Crippen molar-refractivity contribution in [2.24, 2.45) is 0 Å². The smallest absolute Gasteiger partial charge is 0.137 e. The Kier molecular flexibility index (Phi) is 10.1. The van der Waals surface area contributed by atoms with Crippen molar-refractivity contribution < 1.29 is 0 Å². The first-order valence-corrected chi connectivity index (χ1v) is 26.5. The molecule has 0 atom stereocenters. The molecule has 340 valence electrons. The van der Waals surface area contributed by atoms with Gasteiger partial charge >= 0.3 is 0 Å². The lowest BCUT2D eigenvalue weighted by Gasteiger charge is -2.33. The molecule has 3 aromatic heterocycles. The maximum absolute atomic E-state index is 5.21. The fourth-order valence-electron chi connectivity index (χ4n) is 13.2. The molecule has 0 amide bonds. The molecule has 10 aromatic rings. The Morgan fingerprint density at radius 1 is 0.414 bits per heavy atom. The van der Waals surface area contributed by atoms with Crippen LogP contribution in [0.5, 0.6) is 0 Å². The van der Waals surface area contributed by atoms with Gasteiger partial charge in [-0.2, -0.15) is 0 Å². The van der Waals surface area contributed by atoms with Crippen LogP contribution in [0, 0.1) is 0 Å². The van der Waals surface area contributed by atoms with E-state index in [0.29, 0.717) is 11.8 Å². The van der Waals surface area contributed by atoms with Crippen molar-refractivity contribution in [3.8, 4) is 22.3 Å². The summed E-state index contributed by atoms with van der Waals surface area (Å²) in [5.41, 5.74) is 17.1. The van der Waals surface area contributed by atoms with Crippen LogP contribution in [0.25, 0.3) is 42.4 Å². The fourth-order valence-corrected chi connectivity index (χ4v) is 14.4. The zero-order valence-corrected chi connectivity index (χ0v) is 40.2. The molecule has 2 saturated carbocycles. The van der Waals surface area contributed by atoms with E-state index in [0.717, 1.165) is 28.7 Å². The monoisotopic (exact) mass is 922 g/mol. The van der Waals surface area contributed by atoms with Crippen molar-refractivity contribution >= 4 is 65.9 Å². The van der Waals surface area contributed by atoms with Crippen molar-refractivity contribution in [2.45, 2.75) is 81.5 Å². The molecular weight excluding hydrogens is 869 g/mol. The van der Waals surface area contributed by atoms with Crippen LogP contribution in [0.2, 0.25) is 0 Å². The maximum Gasteiger partial charge on any atom is 0.137 e. The van der Waals surface area contributed by atoms with Crippen LogP contribution in [-0.4, -0.2) is 9.97 Å². The lowest BCUT2D eigenvalue weighted by molar-refractivity contribution is 0.443. The second-order valence-electron chi connectivity index (χ2n) is 20.1. The predicted octanol–water partition coefficient (Wildman–Crippen LogP) is 18.2. The first-order chi connectivity index (χ1) is 34.7. The summed E-state index contributed by atoms with van der Waals surface area (Å²) in [5.74, 6) is 3.05. The van der Waals surface area contributed by atoms with Gasteiger partial charge < -0.3 is 0 Å². The second-order valence-corrected chi connectivity index (χ2v) is 21.2. The van der Waals surface area contributed by atoms with E-state index in [-0.39, 0.29) is 0 Å². The molecule has 0 aliphatic heterocycles. The molecule has 0 N–H and O–H groups in total. The van der Waals surface area contributed by atoms with Gasteiger partial charge in [0.15, 0.2) is 0 Å². The van der Waals surface area contributed by atoms with E-state index in [1.54, 1.807) is 0 Å². The molecule has 3 heterocycles. The van der Waals surface area contributed by atoms with Gasteiger partial charge in [-0.05, 0) is 160 Å². The molecule has 0 unspecified atom stereocenters. The van der Waals surface area contributed by atoms with Crippen LogP contribution < -0.4 is 9.80 Å². The van der Waals surface area contributed by atoms with Crippen LogP contribution >= 0.6 is 11.3 Å². The molecule has 4 aliphatic rings. The van der Waals surface area contributed by atoms with Crippen LogP contribution in [0.1, 0.15) is 109 Å². The summed E-state index contributed by atoms with van der Waals surface area (Å²) in [6.07, 6.45) is 16.9. The topological polar surface area (TPSA) is 32.3 Å². The molecule has 4 nitrogen and oxygen atoms in total. The molecule has 0 radical (unpaired) electrons. The van der Waals surface area contributed by atoms with Crippen molar-refractivity contribution in [3.63, 3.8) is 0 Å². The van der Waals surface area contributed by atoms with Gasteiger partial charge in [-0.25, -0.2) is 9.97 Å². The van der Waals surface area contributed by atoms with Gasteiger partial charge in [0.2, 0.25) is 0 Å². The molecule has 1 spiro atoms. The van der Waals surface area contributed by atoms with Gasteiger partial charge in [-0.3, -0.25) is 9.80 Å². The van der Waals surface area contributed by atoms with Gasteiger partial charge in [-0.1, -0.05) is 148 Å². The van der Waals surface area contributed by atoms with Crippen molar-refractivity contribution in [3.05, 3.63) is 228 Å². The van der Waals surface area contributed by atoms with Crippen molar-refractivity contribution in [1.29, 1.82) is 0 Å². The molecule has 7 aromatic carbocycles. The summed E-state index contributed by atoms with van der Waals surface area (Å²) < 4.78 is 2.56. The Morgan fingerprint density at radius 3 is 1.54 bits per heavy atom. The number of hydrogen-bond acceptors (Lipinski definition) is 5. The third-order valence-electron chi connectivity index (χ3n) is 16.4. The normalized spacial score (nSPS) is 16.0. The summed E-state index contributed by atoms with van der Waals surface area (Å²) >= 11 is 1.90. The summed E-state index contributed by atoms with van der Waals surface area (Å²) in [5, 5.41) is 2.53. The van der Waals surface area contributed by atoms with Crippen molar-refractivity contribution in [1.82, 2.24) is 9.97 Å². The highest BCUT2D eigenvalue weighted by molar-refractivity contribution is 7.26. The number of fused-ring (bicyclic) bond motifs is 13. The summed E-state index contributed by atoms with van der Waals surface area (Å²) in [6, 6.07) is 68.9. The van der Waals surface area contributed by atoms with E-state index in [1.807, 2.05) is 35.9 Å². The largest absolute Gasteiger partial charge is 0.295 e. The molecule has 70 heavy (non-hydrogen) atoms. The lowest BCUT2D eigenvalue weighted by atomic mass is 9.70. The van der Waals surface area contributed by atoms with Crippen LogP contribution in [-0.2, 0) is 5.41 Å². The standard InChI is InChI=1S/C65H54N4S/c1-3-17-43(18-4-1)45-29-33-47(34-30-45)68(60-27-13-15-39-66-60)49-37-38-52-56(41-49)65(54-24-10-7-21-50(54)51-22-8-11-25-55(51)65)57-42-59-63(53-23-9-12-26-58(53)70-59)64(62(52)57)69(61-28-14-16-40-67-61)48-35-31-46(32-36-48)44-19-5-2-6-20-44/h7-16,21-44H,1-6,17-20H2. The number of thiophene rings is 1. The van der Waals surface area contributed by atoms with Gasteiger partial charge in [0, 0.05) is 55.2 Å². The number of hydrogen-bond donors (Lipinski definition) is 0. The predicted molar refractivity (Wildman–Crippen MR) is 292 cm³/mol. The number of anilines is 6. The van der Waals surface area contributed by atoms with Gasteiger partial charge in [-0.15, -0.1) is 11.3 Å².